The highest BCUT2D eigenvalue weighted by Gasteiger charge is 2.24. The Kier molecular flexibility index (Phi) is 3.66. The molecular formula is C11H15NO3. The third kappa shape index (κ3) is 2.94. The fraction of sp³-hybridized carbons (Fsp3) is 0.455. The smallest absolute Gasteiger partial charge is 0.413 e. The number of nitrogens with one attached hydrogen (secondary N) is 1. The number of alkyl carbamates (subject to hydrolysis) is 1. The Morgan fingerprint density at radius 1 is 1.40 bits per heavy atom. The van der Waals surface area contributed by atoms with Gasteiger partial charge in [-0.05, 0) is 20.3 Å². The molecule has 1 atom stereocenters. The first-order valence-corrected chi connectivity index (χ1v) is 4.77. The maximum Gasteiger partial charge on any atom is 0.413 e. The Morgan fingerprint density at radius 2 is 2.07 bits per heavy atom. The average molecular weight is 209 g/mol. The normalized spacial score (nSPS) is 20.1. The molecular weight excluding hydrogens is 194 g/mol. The molecule has 0 aromatic carbocycles. The molecule has 4 heteroatoms. The highest BCUT2D eigenvalue weighted by Crippen LogP contribution is 2.24. The molecule has 0 aliphatic heterocycles. The number of amides is 2. The fourth-order valence-corrected chi connectivity index (χ4v) is 1.48. The van der Waals surface area contributed by atoms with Gasteiger partial charge >= 0.3 is 6.09 Å². The number of carbonyl (C=O) groups is 2. The van der Waals surface area contributed by atoms with Crippen LogP contribution in [0.2, 0.25) is 0 Å². The second kappa shape index (κ2) is 4.77. The summed E-state index contributed by atoms with van der Waals surface area (Å²) in [5, 5.41) is 2.18. The molecule has 0 saturated heterocycles. The van der Waals surface area contributed by atoms with Gasteiger partial charge < -0.3 is 4.74 Å². The predicted octanol–water partition coefficient (Wildman–Crippen LogP) is 1.78. The molecule has 0 aromatic rings. The van der Waals surface area contributed by atoms with Crippen molar-refractivity contribution < 1.29 is 14.3 Å². The van der Waals surface area contributed by atoms with Crippen molar-refractivity contribution in [3.05, 3.63) is 23.3 Å². The number of ether oxygens (including phenoxy) is 1. The summed E-state index contributed by atoms with van der Waals surface area (Å²) in [6.07, 6.45) is 3.84. The second-order valence-electron chi connectivity index (χ2n) is 3.66. The number of carbonyl (C=O) groups excluding carboxylic acids is 2. The summed E-state index contributed by atoms with van der Waals surface area (Å²) >= 11 is 0. The van der Waals surface area contributed by atoms with Crippen LogP contribution in [0.4, 0.5) is 4.79 Å². The van der Waals surface area contributed by atoms with Crippen molar-refractivity contribution in [2.75, 3.05) is 7.11 Å². The summed E-state index contributed by atoms with van der Waals surface area (Å²) in [7, 11) is 1.23. The molecule has 2 amide bonds. The lowest BCUT2D eigenvalue weighted by Gasteiger charge is -2.19. The average Bonchev–Trinajstić information content (AvgIpc) is 2.21. The van der Waals surface area contributed by atoms with E-state index < -0.39 is 6.09 Å². The molecule has 0 radical (unpaired) electrons. The first-order valence-electron chi connectivity index (χ1n) is 4.77. The van der Waals surface area contributed by atoms with E-state index in [4.69, 9.17) is 0 Å². The van der Waals surface area contributed by atoms with Gasteiger partial charge in [0.1, 0.15) is 0 Å². The molecule has 15 heavy (non-hydrogen) atoms. The minimum atomic E-state index is -0.708. The van der Waals surface area contributed by atoms with E-state index in [9.17, 15) is 9.59 Å². The molecule has 4 nitrogen and oxygen atoms in total. The van der Waals surface area contributed by atoms with E-state index in [0.717, 1.165) is 11.1 Å². The van der Waals surface area contributed by atoms with Crippen molar-refractivity contribution in [1.82, 2.24) is 5.32 Å². The summed E-state index contributed by atoms with van der Waals surface area (Å²) in [5.74, 6) is -0.558. The van der Waals surface area contributed by atoms with Crippen LogP contribution in [0.1, 0.15) is 20.3 Å². The lowest BCUT2D eigenvalue weighted by Crippen LogP contribution is -2.36. The third-order valence-electron chi connectivity index (χ3n) is 2.43. The molecule has 82 valence electrons. The maximum atomic E-state index is 11.6. The van der Waals surface area contributed by atoms with Gasteiger partial charge in [-0.15, -0.1) is 0 Å². The highest BCUT2D eigenvalue weighted by atomic mass is 16.5. The van der Waals surface area contributed by atoms with E-state index in [1.54, 1.807) is 0 Å². The highest BCUT2D eigenvalue weighted by molar-refractivity contribution is 5.94. The van der Waals surface area contributed by atoms with Crippen LogP contribution in [-0.2, 0) is 9.53 Å². The van der Waals surface area contributed by atoms with Gasteiger partial charge in [-0.1, -0.05) is 23.3 Å². The molecule has 1 unspecified atom stereocenters. The van der Waals surface area contributed by atoms with Crippen molar-refractivity contribution >= 4 is 12.0 Å². The van der Waals surface area contributed by atoms with Crippen LogP contribution in [0, 0.1) is 5.92 Å². The van der Waals surface area contributed by atoms with E-state index in [0.29, 0.717) is 6.42 Å². The van der Waals surface area contributed by atoms with Crippen LogP contribution in [0.3, 0.4) is 0 Å². The molecule has 1 aliphatic carbocycles. The second-order valence-corrected chi connectivity index (χ2v) is 3.66. The largest absolute Gasteiger partial charge is 0.453 e. The van der Waals surface area contributed by atoms with E-state index in [-0.39, 0.29) is 11.8 Å². The van der Waals surface area contributed by atoms with Crippen LogP contribution < -0.4 is 5.32 Å². The zero-order chi connectivity index (χ0) is 11.4. The zero-order valence-corrected chi connectivity index (χ0v) is 9.16. The van der Waals surface area contributed by atoms with Gasteiger partial charge in [-0.3, -0.25) is 10.1 Å². The molecule has 1 aliphatic rings. The van der Waals surface area contributed by atoms with Crippen LogP contribution in [0.25, 0.3) is 0 Å². The Bertz CT molecular complexity index is 342. The van der Waals surface area contributed by atoms with Gasteiger partial charge in [0, 0.05) is 0 Å². The Labute approximate surface area is 89.0 Å². The number of methoxy groups -OCH3 is 1. The standard InChI is InChI=1S/C11H15NO3/c1-7-4-5-8(2)9(6-7)10(13)12-11(14)15-3/h4-5,9H,6H2,1-3H3,(H,12,13,14). The topological polar surface area (TPSA) is 55.4 Å². The summed E-state index contributed by atoms with van der Waals surface area (Å²) in [6.45, 7) is 3.84. The fourth-order valence-electron chi connectivity index (χ4n) is 1.48. The maximum absolute atomic E-state index is 11.6. The third-order valence-corrected chi connectivity index (χ3v) is 2.43. The van der Waals surface area contributed by atoms with E-state index >= 15 is 0 Å². The first kappa shape index (κ1) is 11.5. The van der Waals surface area contributed by atoms with Crippen molar-refractivity contribution in [2.24, 2.45) is 5.92 Å². The predicted molar refractivity (Wildman–Crippen MR) is 56.2 cm³/mol. The van der Waals surface area contributed by atoms with Gasteiger partial charge in [0.15, 0.2) is 0 Å². The lowest BCUT2D eigenvalue weighted by atomic mass is 9.88. The minimum Gasteiger partial charge on any atom is -0.453 e. The quantitative estimate of drug-likeness (QED) is 0.716. The van der Waals surface area contributed by atoms with Crippen LogP contribution >= 0.6 is 0 Å². The van der Waals surface area contributed by atoms with Gasteiger partial charge in [-0.25, -0.2) is 4.79 Å². The van der Waals surface area contributed by atoms with Gasteiger partial charge in [0.2, 0.25) is 5.91 Å². The lowest BCUT2D eigenvalue weighted by molar-refractivity contribution is -0.123. The number of allylic oxidation sites excluding steroid dienone is 3. The Morgan fingerprint density at radius 3 is 2.67 bits per heavy atom. The van der Waals surface area contributed by atoms with E-state index in [2.05, 4.69) is 10.1 Å². The van der Waals surface area contributed by atoms with E-state index in [1.807, 2.05) is 26.0 Å². The number of hydrogen-bond donors (Lipinski definition) is 1. The Hall–Kier alpha value is -1.58. The van der Waals surface area contributed by atoms with Gasteiger partial charge in [-0.2, -0.15) is 0 Å². The van der Waals surface area contributed by atoms with Crippen LogP contribution in [0.15, 0.2) is 23.3 Å². The number of hydrogen-bond acceptors (Lipinski definition) is 3. The first-order chi connectivity index (χ1) is 7.04. The monoisotopic (exact) mass is 209 g/mol. The molecule has 0 saturated carbocycles. The minimum absolute atomic E-state index is 0.255. The Balaban J connectivity index is 2.66. The van der Waals surface area contributed by atoms with Crippen molar-refractivity contribution in [3.63, 3.8) is 0 Å². The van der Waals surface area contributed by atoms with Crippen molar-refractivity contribution in [1.29, 1.82) is 0 Å². The van der Waals surface area contributed by atoms with Crippen LogP contribution in [0.5, 0.6) is 0 Å². The number of imide groups is 1. The zero-order valence-electron chi connectivity index (χ0n) is 9.16. The molecule has 1 rings (SSSR count). The molecule has 1 N–H and O–H groups in total. The van der Waals surface area contributed by atoms with E-state index in [1.165, 1.54) is 7.11 Å². The molecule has 0 bridgehead atoms. The van der Waals surface area contributed by atoms with Crippen molar-refractivity contribution in [2.45, 2.75) is 20.3 Å². The summed E-state index contributed by atoms with van der Waals surface area (Å²) < 4.78 is 4.37. The molecule has 0 aromatic heterocycles. The number of rotatable bonds is 1. The molecule has 0 fully saturated rings. The summed E-state index contributed by atoms with van der Waals surface area (Å²) in [4.78, 5) is 22.5. The van der Waals surface area contributed by atoms with Crippen molar-refractivity contribution in [3.8, 4) is 0 Å². The SMILES string of the molecule is COC(=O)NC(=O)C1CC(C)=CC=C1C. The molecule has 0 heterocycles. The summed E-state index contributed by atoms with van der Waals surface area (Å²) in [5.41, 5.74) is 2.09. The van der Waals surface area contributed by atoms with Gasteiger partial charge in [0.05, 0.1) is 13.0 Å². The van der Waals surface area contributed by atoms with Crippen LogP contribution in [-0.4, -0.2) is 19.1 Å². The molecule has 0 spiro atoms. The summed E-state index contributed by atoms with van der Waals surface area (Å²) in [6, 6.07) is 0. The van der Waals surface area contributed by atoms with Gasteiger partial charge in [0.25, 0.3) is 0 Å².